The van der Waals surface area contributed by atoms with Crippen molar-refractivity contribution in [1.29, 1.82) is 0 Å². The zero-order chi connectivity index (χ0) is 8.39. The molecule has 4 nitrogen and oxygen atoms in total. The summed E-state index contributed by atoms with van der Waals surface area (Å²) in [5, 5.41) is 9.92. The molecule has 1 N–H and O–H groups in total. The van der Waals surface area contributed by atoms with Crippen LogP contribution < -0.4 is 68.4 Å². The molecule has 0 aliphatic heterocycles. The average Bonchev–Trinajstić information content (AvgIpc) is 2.53. The Labute approximate surface area is 139 Å². The fraction of sp³-hybridized carbons (Fsp3) is 0. The van der Waals surface area contributed by atoms with E-state index in [9.17, 15) is 0 Å². The smallest absolute Gasteiger partial charge is 1.00 e. The second-order valence-electron chi connectivity index (χ2n) is 2.25. The van der Waals surface area contributed by atoms with Gasteiger partial charge in [0.25, 0.3) is 0 Å². The van der Waals surface area contributed by atoms with Crippen LogP contribution in [0.2, 0.25) is 0 Å². The molecule has 0 radical (unpaired) electrons. The first-order valence-electron chi connectivity index (χ1n) is 3.43. The molecule has 0 fully saturated rings. The van der Waals surface area contributed by atoms with Gasteiger partial charge in [-0.2, -0.15) is 5.21 Å². The molecule has 1 aromatic carbocycles. The Kier molecular flexibility index (Phi) is 7.30. The van der Waals surface area contributed by atoms with Crippen LogP contribution >= 0.6 is 12.2 Å². The number of aromatic nitrogens is 4. The third-order valence-electron chi connectivity index (χ3n) is 1.49. The monoisotopic (exact) mass is 296 g/mol. The molecule has 0 atom stereocenters. The Morgan fingerprint density at radius 2 is 1.86 bits per heavy atom. The Hall–Kier alpha value is 0.626. The largest absolute Gasteiger partial charge is 1.00 e. The van der Waals surface area contributed by atoms with Crippen LogP contribution in [-0.2, 0) is 0 Å². The number of para-hydroxylation sites is 1. The van der Waals surface area contributed by atoms with Crippen LogP contribution in [0, 0.1) is 4.77 Å². The fourth-order valence-corrected chi connectivity index (χ4v) is 1.13. The van der Waals surface area contributed by atoms with Crippen molar-refractivity contribution in [2.24, 2.45) is 0 Å². The van der Waals surface area contributed by atoms with Crippen LogP contribution in [0.15, 0.2) is 30.3 Å². The zero-order valence-corrected chi connectivity index (χ0v) is 13.0. The van der Waals surface area contributed by atoms with Crippen molar-refractivity contribution in [3.63, 3.8) is 0 Å². The van der Waals surface area contributed by atoms with Crippen LogP contribution in [0.5, 0.6) is 0 Å². The molecular formula is C7H6BrKN4S. The first-order chi connectivity index (χ1) is 5.88. The molecular weight excluding hydrogens is 291 g/mol. The summed E-state index contributed by atoms with van der Waals surface area (Å²) in [6.07, 6.45) is 0. The van der Waals surface area contributed by atoms with E-state index in [0.717, 1.165) is 5.69 Å². The minimum atomic E-state index is 0. The van der Waals surface area contributed by atoms with Gasteiger partial charge in [0.1, 0.15) is 0 Å². The first-order valence-corrected chi connectivity index (χ1v) is 3.84. The Morgan fingerprint density at radius 1 is 1.21 bits per heavy atom. The maximum atomic E-state index is 4.93. The summed E-state index contributed by atoms with van der Waals surface area (Å²) in [6.45, 7) is 0. The van der Waals surface area contributed by atoms with Crippen molar-refractivity contribution in [1.82, 2.24) is 20.2 Å². The van der Waals surface area contributed by atoms with Crippen molar-refractivity contribution >= 4 is 12.2 Å². The van der Waals surface area contributed by atoms with E-state index in [4.69, 9.17) is 12.2 Å². The van der Waals surface area contributed by atoms with Gasteiger partial charge in [-0.25, -0.2) is 4.68 Å². The minimum Gasteiger partial charge on any atom is -1.00 e. The number of halogens is 1. The Balaban J connectivity index is 0.000000845. The quantitative estimate of drug-likeness (QED) is 0.425. The van der Waals surface area contributed by atoms with E-state index in [-0.39, 0.29) is 68.4 Å². The number of nitrogens with zero attached hydrogens (tertiary/aromatic N) is 3. The van der Waals surface area contributed by atoms with Crippen LogP contribution in [0.4, 0.5) is 0 Å². The molecule has 0 amide bonds. The van der Waals surface area contributed by atoms with Gasteiger partial charge >= 0.3 is 51.4 Å². The van der Waals surface area contributed by atoms with Crippen molar-refractivity contribution in [3.8, 4) is 5.69 Å². The Morgan fingerprint density at radius 3 is 2.36 bits per heavy atom. The standard InChI is InChI=1S/C7H6N4S.BrH.K/c12-7-8-9-10-11(7)6-4-2-1-3-5-6;;/h1-5H,(H,8,10,12);1H;/q;;+1/p-1. The van der Waals surface area contributed by atoms with Gasteiger partial charge in [0, 0.05) is 0 Å². The number of hydrogen-bond acceptors (Lipinski definition) is 3. The van der Waals surface area contributed by atoms with E-state index in [1.807, 2.05) is 30.3 Å². The molecule has 1 aromatic heterocycles. The van der Waals surface area contributed by atoms with Crippen molar-refractivity contribution < 1.29 is 68.4 Å². The first kappa shape index (κ1) is 14.6. The SMILES string of the molecule is S=c1nn[nH]n1-c1ccccc1.[Br-].[K+]. The summed E-state index contributed by atoms with van der Waals surface area (Å²) in [6, 6.07) is 9.65. The number of tetrazole rings is 1. The van der Waals surface area contributed by atoms with Crippen molar-refractivity contribution in [2.75, 3.05) is 0 Å². The van der Waals surface area contributed by atoms with Crippen molar-refractivity contribution in [3.05, 3.63) is 35.1 Å². The van der Waals surface area contributed by atoms with Gasteiger partial charge in [-0.05, 0) is 24.4 Å². The van der Waals surface area contributed by atoms with Gasteiger partial charge in [0.05, 0.1) is 5.69 Å². The van der Waals surface area contributed by atoms with Gasteiger partial charge in [-0.3, -0.25) is 0 Å². The number of rotatable bonds is 1. The Bertz CT molecular complexity index is 427. The average molecular weight is 297 g/mol. The third-order valence-corrected chi connectivity index (χ3v) is 1.75. The molecule has 2 rings (SSSR count). The molecule has 7 heteroatoms. The zero-order valence-electron chi connectivity index (χ0n) is 7.51. The molecule has 14 heavy (non-hydrogen) atoms. The van der Waals surface area contributed by atoms with Gasteiger partial charge in [0.2, 0.25) is 4.77 Å². The normalized spacial score (nSPS) is 8.57. The molecule has 0 bridgehead atoms. The molecule has 68 valence electrons. The second kappa shape index (κ2) is 6.99. The minimum absolute atomic E-state index is 0. The van der Waals surface area contributed by atoms with Crippen LogP contribution in [0.25, 0.3) is 5.69 Å². The van der Waals surface area contributed by atoms with E-state index < -0.39 is 0 Å². The van der Waals surface area contributed by atoms with E-state index >= 15 is 0 Å². The van der Waals surface area contributed by atoms with Gasteiger partial charge in [0.15, 0.2) is 0 Å². The van der Waals surface area contributed by atoms with E-state index in [0.29, 0.717) is 4.77 Å². The fourth-order valence-electron chi connectivity index (χ4n) is 0.943. The van der Waals surface area contributed by atoms with Gasteiger partial charge in [-0.1, -0.05) is 28.5 Å². The third kappa shape index (κ3) is 3.33. The molecule has 0 unspecified atom stereocenters. The summed E-state index contributed by atoms with van der Waals surface area (Å²) in [5.74, 6) is 0. The van der Waals surface area contributed by atoms with Gasteiger partial charge in [-0.15, -0.1) is 0 Å². The summed E-state index contributed by atoms with van der Waals surface area (Å²) in [4.78, 5) is 0. The molecule has 0 spiro atoms. The second-order valence-corrected chi connectivity index (χ2v) is 2.62. The maximum absolute atomic E-state index is 4.93. The van der Waals surface area contributed by atoms with E-state index in [1.165, 1.54) is 0 Å². The predicted molar refractivity (Wildman–Crippen MR) is 46.5 cm³/mol. The topological polar surface area (TPSA) is 46.5 Å². The number of hydrogen-bond donors (Lipinski definition) is 1. The van der Waals surface area contributed by atoms with Crippen LogP contribution in [0.1, 0.15) is 0 Å². The van der Waals surface area contributed by atoms with Crippen LogP contribution in [0.3, 0.4) is 0 Å². The van der Waals surface area contributed by atoms with Crippen LogP contribution in [-0.4, -0.2) is 20.2 Å². The van der Waals surface area contributed by atoms with Gasteiger partial charge < -0.3 is 17.0 Å². The molecule has 0 saturated carbocycles. The van der Waals surface area contributed by atoms with Crippen molar-refractivity contribution in [2.45, 2.75) is 0 Å². The van der Waals surface area contributed by atoms with E-state index in [2.05, 4.69) is 15.5 Å². The molecule has 0 aliphatic rings. The number of aromatic amines is 1. The van der Waals surface area contributed by atoms with E-state index in [1.54, 1.807) is 4.68 Å². The maximum Gasteiger partial charge on any atom is 1.00 e. The molecule has 0 aliphatic carbocycles. The summed E-state index contributed by atoms with van der Waals surface area (Å²) in [7, 11) is 0. The number of nitrogens with one attached hydrogen (secondary N) is 1. The summed E-state index contributed by atoms with van der Waals surface area (Å²) < 4.78 is 2.07. The summed E-state index contributed by atoms with van der Waals surface area (Å²) in [5.41, 5.74) is 0.938. The predicted octanol–water partition coefficient (Wildman–Crippen LogP) is -4.67. The summed E-state index contributed by atoms with van der Waals surface area (Å²) >= 11 is 4.93. The number of H-pyrrole nitrogens is 1. The molecule has 1 heterocycles. The molecule has 2 aromatic rings. The molecule has 0 saturated heterocycles. The number of benzene rings is 1.